The van der Waals surface area contributed by atoms with Gasteiger partial charge in [-0.1, -0.05) is 13.0 Å². The first-order valence-electron chi connectivity index (χ1n) is 7.13. The van der Waals surface area contributed by atoms with Crippen molar-refractivity contribution < 1.29 is 10.2 Å². The van der Waals surface area contributed by atoms with Crippen molar-refractivity contribution in [2.75, 3.05) is 0 Å². The van der Waals surface area contributed by atoms with E-state index in [9.17, 15) is 10.2 Å². The third kappa shape index (κ3) is 2.58. The average Bonchev–Trinajstić information content (AvgIpc) is 2.95. The van der Waals surface area contributed by atoms with Gasteiger partial charge in [0.25, 0.3) is 0 Å². The van der Waals surface area contributed by atoms with Gasteiger partial charge in [-0.05, 0) is 52.2 Å². The van der Waals surface area contributed by atoms with E-state index in [1.165, 1.54) is 6.07 Å². The maximum absolute atomic E-state index is 10.9. The van der Waals surface area contributed by atoms with E-state index in [1.54, 1.807) is 6.07 Å². The number of benzene rings is 1. The van der Waals surface area contributed by atoms with Crippen molar-refractivity contribution >= 4 is 21.6 Å². The maximum Gasteiger partial charge on any atom is 0.147 e. The molecule has 0 amide bonds. The normalized spacial score (nSPS) is 12.3. The Morgan fingerprint density at radius 1 is 1.39 bits per heavy atom. The highest BCUT2D eigenvalue weighted by atomic mass is 79.9. The summed E-state index contributed by atoms with van der Waals surface area (Å²) in [5, 5.41) is 29.8. The van der Waals surface area contributed by atoms with Gasteiger partial charge in [0.05, 0.1) is 21.4 Å². The third-order valence-corrected chi connectivity index (χ3v) is 4.36. The van der Waals surface area contributed by atoms with E-state index in [-0.39, 0.29) is 11.3 Å². The summed E-state index contributed by atoms with van der Waals surface area (Å²) < 4.78 is 2.22. The number of hydrogen-bond donors (Lipinski definition) is 2. The lowest BCUT2D eigenvalue weighted by Gasteiger charge is -2.14. The topological polar surface area (TPSA) is 81.6 Å². The molecule has 1 atom stereocenters. The molecule has 1 unspecified atom stereocenters. The van der Waals surface area contributed by atoms with Crippen molar-refractivity contribution in [2.24, 2.45) is 0 Å². The minimum Gasteiger partial charge on any atom is -0.505 e. The number of nitriles is 1. The molecule has 2 heterocycles. The fourth-order valence-electron chi connectivity index (χ4n) is 2.63. The predicted molar refractivity (Wildman–Crippen MR) is 89.2 cm³/mol. The van der Waals surface area contributed by atoms with Crippen LogP contribution in [-0.4, -0.2) is 19.6 Å². The van der Waals surface area contributed by atoms with Gasteiger partial charge < -0.3 is 14.6 Å². The lowest BCUT2D eigenvalue weighted by molar-refractivity contribution is 0.213. The Kier molecular flexibility index (Phi) is 4.07. The lowest BCUT2D eigenvalue weighted by Crippen LogP contribution is -2.07. The number of aromatic nitrogens is 2. The number of phenols is 1. The maximum atomic E-state index is 10.9. The van der Waals surface area contributed by atoms with E-state index in [1.807, 2.05) is 41.8 Å². The van der Waals surface area contributed by atoms with Crippen LogP contribution in [0.3, 0.4) is 0 Å². The zero-order valence-electron chi connectivity index (χ0n) is 12.4. The largest absolute Gasteiger partial charge is 0.505 e. The summed E-state index contributed by atoms with van der Waals surface area (Å²) in [5.74, 6) is -0.127. The molecular formula is C17H14BrN3O2. The molecular weight excluding hydrogens is 358 g/mol. The summed E-state index contributed by atoms with van der Waals surface area (Å²) >= 11 is 3.22. The smallest absolute Gasteiger partial charge is 0.147 e. The molecule has 6 heteroatoms. The van der Waals surface area contributed by atoms with Gasteiger partial charge >= 0.3 is 0 Å². The first-order chi connectivity index (χ1) is 11.1. The summed E-state index contributed by atoms with van der Waals surface area (Å²) in [6.45, 7) is 1.98. The Morgan fingerprint density at radius 3 is 2.87 bits per heavy atom. The van der Waals surface area contributed by atoms with Crippen LogP contribution in [0.4, 0.5) is 0 Å². The molecule has 0 saturated carbocycles. The highest BCUT2D eigenvalue weighted by Crippen LogP contribution is 2.34. The minimum absolute atomic E-state index is 0.111. The number of aliphatic hydroxyl groups excluding tert-OH is 1. The number of rotatable bonds is 3. The van der Waals surface area contributed by atoms with E-state index < -0.39 is 6.10 Å². The Bertz CT molecular complexity index is 927. The van der Waals surface area contributed by atoms with Crippen LogP contribution in [0.5, 0.6) is 5.75 Å². The number of aliphatic hydroxyl groups is 1. The molecule has 0 aliphatic heterocycles. The molecule has 2 aromatic heterocycles. The van der Waals surface area contributed by atoms with Gasteiger partial charge in [-0.15, -0.1) is 0 Å². The molecule has 2 N–H and O–H groups in total. The number of aromatic hydroxyl groups is 1. The fraction of sp³-hybridized carbons (Fsp3) is 0.176. The monoisotopic (exact) mass is 371 g/mol. The number of hydrogen-bond acceptors (Lipinski definition) is 4. The second-order valence-electron chi connectivity index (χ2n) is 5.14. The van der Waals surface area contributed by atoms with Crippen LogP contribution in [-0.2, 0) is 6.42 Å². The van der Waals surface area contributed by atoms with Crippen LogP contribution in [0.15, 0.2) is 41.0 Å². The summed E-state index contributed by atoms with van der Waals surface area (Å²) in [6.07, 6.45) is 1.57. The number of phenolic OH excluding ortho intramolecular Hbond substituents is 1. The third-order valence-electron chi connectivity index (χ3n) is 3.76. The van der Waals surface area contributed by atoms with Crippen molar-refractivity contribution in [3.63, 3.8) is 0 Å². The summed E-state index contributed by atoms with van der Waals surface area (Å²) in [6, 6.07) is 10.7. The van der Waals surface area contributed by atoms with Gasteiger partial charge in [-0.2, -0.15) is 5.26 Å². The molecule has 0 fully saturated rings. The van der Waals surface area contributed by atoms with Gasteiger partial charge in [0.1, 0.15) is 23.6 Å². The summed E-state index contributed by atoms with van der Waals surface area (Å²) in [4.78, 5) is 4.54. The van der Waals surface area contributed by atoms with Gasteiger partial charge in [0.15, 0.2) is 0 Å². The first kappa shape index (κ1) is 15.5. The van der Waals surface area contributed by atoms with Crippen LogP contribution in [0, 0.1) is 11.3 Å². The van der Waals surface area contributed by atoms with E-state index >= 15 is 0 Å². The number of imidazole rings is 1. The predicted octanol–water partition coefficient (Wildman–Crippen LogP) is 3.32. The van der Waals surface area contributed by atoms with Gasteiger partial charge in [-0.3, -0.25) is 0 Å². The molecule has 0 bridgehead atoms. The second kappa shape index (κ2) is 6.03. The second-order valence-corrected chi connectivity index (χ2v) is 5.99. The molecule has 116 valence electrons. The minimum atomic E-state index is -0.952. The van der Waals surface area contributed by atoms with Gasteiger partial charge in [-0.25, -0.2) is 4.98 Å². The van der Waals surface area contributed by atoms with E-state index in [0.717, 1.165) is 11.3 Å². The molecule has 3 rings (SSSR count). The van der Waals surface area contributed by atoms with Crippen molar-refractivity contribution in [1.29, 1.82) is 5.26 Å². The number of fused-ring (bicyclic) bond motifs is 1. The summed E-state index contributed by atoms with van der Waals surface area (Å²) in [7, 11) is 0. The number of aryl methyl sites for hydroxylation is 1. The zero-order valence-corrected chi connectivity index (χ0v) is 13.9. The van der Waals surface area contributed by atoms with Crippen LogP contribution in [0.2, 0.25) is 0 Å². The van der Waals surface area contributed by atoms with Crippen LogP contribution >= 0.6 is 15.9 Å². The highest BCUT2D eigenvalue weighted by molar-refractivity contribution is 9.10. The molecule has 23 heavy (non-hydrogen) atoms. The molecule has 0 aliphatic rings. The summed E-state index contributed by atoms with van der Waals surface area (Å²) in [5.41, 5.74) is 2.86. The van der Waals surface area contributed by atoms with Crippen molar-refractivity contribution in [2.45, 2.75) is 19.4 Å². The molecule has 0 spiro atoms. The molecule has 0 aliphatic carbocycles. The Labute approximate surface area is 141 Å². The molecule has 3 aromatic rings. The SMILES string of the molecule is CCc1nc2ccccn2c1C(O)c1cc(Br)c(O)c(C#N)c1. The zero-order chi connectivity index (χ0) is 16.6. The lowest BCUT2D eigenvalue weighted by atomic mass is 10.0. The highest BCUT2D eigenvalue weighted by Gasteiger charge is 2.22. The van der Waals surface area contributed by atoms with Gasteiger partial charge in [0.2, 0.25) is 0 Å². The molecule has 0 radical (unpaired) electrons. The number of halogens is 1. The molecule has 0 saturated heterocycles. The first-order valence-corrected chi connectivity index (χ1v) is 7.92. The van der Waals surface area contributed by atoms with E-state index in [0.29, 0.717) is 22.2 Å². The van der Waals surface area contributed by atoms with Gasteiger partial charge in [0, 0.05) is 6.20 Å². The Balaban J connectivity index is 2.20. The van der Waals surface area contributed by atoms with Crippen molar-refractivity contribution in [3.8, 4) is 11.8 Å². The van der Waals surface area contributed by atoms with Crippen LogP contribution in [0.1, 0.15) is 35.5 Å². The van der Waals surface area contributed by atoms with Crippen LogP contribution in [0.25, 0.3) is 5.65 Å². The van der Waals surface area contributed by atoms with Crippen molar-refractivity contribution in [1.82, 2.24) is 9.38 Å². The number of pyridine rings is 1. The molecule has 1 aromatic carbocycles. The average molecular weight is 372 g/mol. The van der Waals surface area contributed by atoms with Crippen LogP contribution < -0.4 is 0 Å². The Morgan fingerprint density at radius 2 is 2.17 bits per heavy atom. The fourth-order valence-corrected chi connectivity index (χ4v) is 3.11. The number of nitrogens with zero attached hydrogens (tertiary/aromatic N) is 3. The standard InChI is InChI=1S/C17H14BrN3O2/c1-2-13-15(21-6-4-3-5-14(21)20-13)17(23)10-7-11(9-19)16(22)12(18)8-10/h3-8,17,22-23H,2H2,1H3. The van der Waals surface area contributed by atoms with E-state index in [2.05, 4.69) is 20.9 Å². The Hall–Kier alpha value is -2.36. The van der Waals surface area contributed by atoms with E-state index in [4.69, 9.17) is 5.26 Å². The quantitative estimate of drug-likeness (QED) is 0.739. The molecule has 5 nitrogen and oxygen atoms in total. The van der Waals surface area contributed by atoms with Crippen molar-refractivity contribution in [3.05, 3.63) is 63.5 Å².